The monoisotopic (exact) mass is 245 g/mol. The third-order valence-electron chi connectivity index (χ3n) is 5.45. The highest BCUT2D eigenvalue weighted by Gasteiger charge is 2.54. The van der Waals surface area contributed by atoms with Crippen molar-refractivity contribution in [2.24, 2.45) is 17.3 Å². The van der Waals surface area contributed by atoms with Gasteiger partial charge in [-0.15, -0.1) is 0 Å². The molecule has 98 valence electrons. The molecule has 2 bridgehead atoms. The summed E-state index contributed by atoms with van der Waals surface area (Å²) in [6, 6.07) is 0.402. The van der Waals surface area contributed by atoms with Crippen LogP contribution in [0.2, 0.25) is 0 Å². The van der Waals surface area contributed by atoms with Gasteiger partial charge in [0.2, 0.25) is 0 Å². The average molecular weight is 245 g/mol. The highest BCUT2D eigenvalue weighted by atomic mass is 16.1. The maximum atomic E-state index is 11.4. The fourth-order valence-electron chi connectivity index (χ4n) is 4.00. The zero-order chi connectivity index (χ0) is 12.9. The molecule has 18 heavy (non-hydrogen) atoms. The summed E-state index contributed by atoms with van der Waals surface area (Å²) < 4.78 is 0. The Balaban J connectivity index is 1.69. The van der Waals surface area contributed by atoms with Crippen molar-refractivity contribution in [2.75, 3.05) is 0 Å². The number of nitrogens with one attached hydrogen (secondary N) is 1. The summed E-state index contributed by atoms with van der Waals surface area (Å²) in [5.74, 6) is 1.77. The Labute approximate surface area is 110 Å². The summed E-state index contributed by atoms with van der Waals surface area (Å²) >= 11 is 0. The molecule has 1 N–H and O–H groups in total. The Hall–Kier alpha value is -1.05. The van der Waals surface area contributed by atoms with Crippen LogP contribution in [0.25, 0.3) is 0 Å². The first kappa shape index (κ1) is 12.0. The molecule has 0 heterocycles. The maximum Gasteiger partial charge on any atom is 0.157 e. The molecular formula is C16H23NO. The first-order valence-electron chi connectivity index (χ1n) is 7.17. The second-order valence-electron chi connectivity index (χ2n) is 6.80. The summed E-state index contributed by atoms with van der Waals surface area (Å²) in [5, 5.41) is 3.58. The quantitative estimate of drug-likeness (QED) is 0.757. The molecule has 0 saturated heterocycles. The van der Waals surface area contributed by atoms with Crippen molar-refractivity contribution in [3.05, 3.63) is 23.9 Å². The van der Waals surface area contributed by atoms with Crippen molar-refractivity contribution in [3.8, 4) is 0 Å². The third-order valence-corrected chi connectivity index (χ3v) is 5.45. The van der Waals surface area contributed by atoms with Gasteiger partial charge in [-0.2, -0.15) is 0 Å². The fraction of sp³-hybridized carbons (Fsp3) is 0.688. The van der Waals surface area contributed by atoms with E-state index >= 15 is 0 Å². The number of hydrogen-bond donors (Lipinski definition) is 1. The lowest BCUT2D eigenvalue weighted by molar-refractivity contribution is -0.115. The van der Waals surface area contributed by atoms with Gasteiger partial charge < -0.3 is 5.32 Å². The Kier molecular flexibility index (Phi) is 2.65. The van der Waals surface area contributed by atoms with Crippen molar-refractivity contribution in [1.82, 2.24) is 5.32 Å². The van der Waals surface area contributed by atoms with Crippen molar-refractivity contribution < 1.29 is 4.79 Å². The van der Waals surface area contributed by atoms with Crippen LogP contribution in [0.4, 0.5) is 0 Å². The van der Waals surface area contributed by atoms with Crippen LogP contribution < -0.4 is 5.32 Å². The smallest absolute Gasteiger partial charge is 0.157 e. The van der Waals surface area contributed by atoms with Crippen LogP contribution >= 0.6 is 0 Å². The van der Waals surface area contributed by atoms with E-state index in [-0.39, 0.29) is 5.78 Å². The van der Waals surface area contributed by atoms with Gasteiger partial charge in [0.15, 0.2) is 5.78 Å². The summed E-state index contributed by atoms with van der Waals surface area (Å²) in [7, 11) is 0. The van der Waals surface area contributed by atoms with Crippen LogP contribution in [0.5, 0.6) is 0 Å². The van der Waals surface area contributed by atoms with E-state index in [4.69, 9.17) is 0 Å². The second-order valence-corrected chi connectivity index (χ2v) is 6.80. The molecular weight excluding hydrogens is 222 g/mol. The topological polar surface area (TPSA) is 29.1 Å². The van der Waals surface area contributed by atoms with Gasteiger partial charge in [0.1, 0.15) is 0 Å². The van der Waals surface area contributed by atoms with Crippen molar-refractivity contribution in [3.63, 3.8) is 0 Å². The molecule has 0 unspecified atom stereocenters. The summed E-state index contributed by atoms with van der Waals surface area (Å²) in [6.07, 6.45) is 7.05. The number of allylic oxidation sites excluding steroid dienone is 2. The SMILES string of the molecule is C=C1[C@@H](NC2=CC(=O)CCC2)C[C@@H]2C[C@H]1C2(C)C. The highest BCUT2D eigenvalue weighted by Crippen LogP contribution is 2.60. The van der Waals surface area contributed by atoms with E-state index in [0.29, 0.717) is 17.4 Å². The van der Waals surface area contributed by atoms with Gasteiger partial charge in [-0.25, -0.2) is 0 Å². The molecule has 4 aliphatic carbocycles. The lowest BCUT2D eigenvalue weighted by Crippen LogP contribution is -2.56. The molecule has 0 amide bonds. The third kappa shape index (κ3) is 1.73. The van der Waals surface area contributed by atoms with Gasteiger partial charge in [0, 0.05) is 24.2 Å². The van der Waals surface area contributed by atoms with Crippen LogP contribution in [0.3, 0.4) is 0 Å². The second kappa shape index (κ2) is 3.97. The minimum Gasteiger partial charge on any atom is -0.382 e. The zero-order valence-corrected chi connectivity index (χ0v) is 11.5. The Morgan fingerprint density at radius 1 is 1.33 bits per heavy atom. The summed E-state index contributed by atoms with van der Waals surface area (Å²) in [6.45, 7) is 9.06. The molecule has 0 aromatic carbocycles. The van der Waals surface area contributed by atoms with Crippen molar-refractivity contribution in [2.45, 2.75) is 52.0 Å². The molecule has 3 saturated carbocycles. The molecule has 0 aromatic rings. The van der Waals surface area contributed by atoms with Gasteiger partial charge in [-0.3, -0.25) is 4.79 Å². The summed E-state index contributed by atoms with van der Waals surface area (Å²) in [5.41, 5.74) is 2.95. The number of hydrogen-bond acceptors (Lipinski definition) is 2. The fourth-order valence-corrected chi connectivity index (χ4v) is 4.00. The predicted molar refractivity (Wildman–Crippen MR) is 73.0 cm³/mol. The molecule has 0 radical (unpaired) electrons. The van der Waals surface area contributed by atoms with Crippen LogP contribution in [0, 0.1) is 17.3 Å². The van der Waals surface area contributed by atoms with E-state index in [1.807, 2.05) is 6.08 Å². The minimum absolute atomic E-state index is 0.274. The van der Waals surface area contributed by atoms with E-state index in [2.05, 4.69) is 25.7 Å². The first-order chi connectivity index (χ1) is 8.48. The van der Waals surface area contributed by atoms with E-state index in [1.165, 1.54) is 18.4 Å². The number of rotatable bonds is 2. The predicted octanol–water partition coefficient (Wildman–Crippen LogP) is 3.20. The lowest BCUT2D eigenvalue weighted by atomic mass is 9.46. The maximum absolute atomic E-state index is 11.4. The Morgan fingerprint density at radius 3 is 2.72 bits per heavy atom. The standard InChI is InChI=1S/C16H23NO/c1-10-14-7-11(16(14,2)3)8-15(10)17-12-5-4-6-13(18)9-12/h9,11,14-15,17H,1,4-8H2,2-3H3/t11-,14+,15-/m0/s1. The Bertz CT molecular complexity index is 432. The van der Waals surface area contributed by atoms with Gasteiger partial charge >= 0.3 is 0 Å². The van der Waals surface area contributed by atoms with E-state index < -0.39 is 0 Å². The molecule has 4 rings (SSSR count). The lowest BCUT2D eigenvalue weighted by Gasteiger charge is -2.60. The molecule has 2 heteroatoms. The summed E-state index contributed by atoms with van der Waals surface area (Å²) in [4.78, 5) is 11.4. The molecule has 2 nitrogen and oxygen atoms in total. The van der Waals surface area contributed by atoms with E-state index in [0.717, 1.165) is 30.9 Å². The molecule has 3 fully saturated rings. The molecule has 3 atom stereocenters. The van der Waals surface area contributed by atoms with E-state index in [1.54, 1.807) is 0 Å². The van der Waals surface area contributed by atoms with Crippen molar-refractivity contribution >= 4 is 5.78 Å². The van der Waals surface area contributed by atoms with Gasteiger partial charge in [-0.05, 0) is 42.9 Å². The normalized spacial score (nSPS) is 37.9. The molecule has 0 spiro atoms. The number of carbonyl (C=O) groups excluding carboxylic acids is 1. The largest absolute Gasteiger partial charge is 0.382 e. The minimum atomic E-state index is 0.274. The van der Waals surface area contributed by atoms with Gasteiger partial charge in [0.05, 0.1) is 0 Å². The van der Waals surface area contributed by atoms with Crippen LogP contribution in [0.15, 0.2) is 23.9 Å². The number of carbonyl (C=O) groups is 1. The molecule has 0 aromatic heterocycles. The van der Waals surface area contributed by atoms with Crippen LogP contribution in [-0.2, 0) is 4.79 Å². The number of ketones is 1. The van der Waals surface area contributed by atoms with Crippen molar-refractivity contribution in [1.29, 1.82) is 0 Å². The average Bonchev–Trinajstić information content (AvgIpc) is 2.31. The van der Waals surface area contributed by atoms with Crippen LogP contribution in [-0.4, -0.2) is 11.8 Å². The van der Waals surface area contributed by atoms with E-state index in [9.17, 15) is 4.79 Å². The van der Waals surface area contributed by atoms with Crippen LogP contribution in [0.1, 0.15) is 46.0 Å². The number of fused-ring (bicyclic) bond motifs is 2. The highest BCUT2D eigenvalue weighted by molar-refractivity contribution is 5.91. The first-order valence-corrected chi connectivity index (χ1v) is 7.17. The van der Waals surface area contributed by atoms with Gasteiger partial charge in [-0.1, -0.05) is 26.0 Å². The molecule has 4 aliphatic rings. The zero-order valence-electron chi connectivity index (χ0n) is 11.5. The van der Waals surface area contributed by atoms with Gasteiger partial charge in [0.25, 0.3) is 0 Å². The Morgan fingerprint density at radius 2 is 2.11 bits per heavy atom. The molecule has 0 aliphatic heterocycles.